The highest BCUT2D eigenvalue weighted by atomic mass is 19.1. The predicted octanol–water partition coefficient (Wildman–Crippen LogP) is 2.32. The Morgan fingerprint density at radius 1 is 0.743 bits per heavy atom. The molecule has 180 valence electrons. The largest absolute Gasteiger partial charge is 0.368 e. The van der Waals surface area contributed by atoms with E-state index in [0.717, 1.165) is 0 Å². The summed E-state index contributed by atoms with van der Waals surface area (Å²) < 4.78 is 13.2. The number of amides is 3. The predicted molar refractivity (Wildman–Crippen MR) is 129 cm³/mol. The zero-order valence-electron chi connectivity index (χ0n) is 19.2. The second-order valence-corrected chi connectivity index (χ2v) is 8.14. The van der Waals surface area contributed by atoms with Gasteiger partial charge >= 0.3 is 0 Å². The molecule has 0 aromatic heterocycles. The number of ketones is 1. The number of benzene rings is 3. The van der Waals surface area contributed by atoms with E-state index in [9.17, 15) is 23.6 Å². The molecule has 3 rings (SSSR count). The average Bonchev–Trinajstić information content (AvgIpc) is 2.84. The van der Waals surface area contributed by atoms with E-state index in [1.165, 1.54) is 31.2 Å². The van der Waals surface area contributed by atoms with E-state index in [1.54, 1.807) is 48.5 Å². The topological polar surface area (TPSA) is 118 Å². The molecule has 4 N–H and O–H groups in total. The fourth-order valence-corrected chi connectivity index (χ4v) is 3.59. The van der Waals surface area contributed by atoms with E-state index in [0.29, 0.717) is 22.3 Å². The van der Waals surface area contributed by atoms with Crippen molar-refractivity contribution in [2.24, 2.45) is 5.73 Å². The summed E-state index contributed by atoms with van der Waals surface area (Å²) in [5, 5.41) is 5.15. The van der Waals surface area contributed by atoms with Crippen molar-refractivity contribution < 1.29 is 23.6 Å². The van der Waals surface area contributed by atoms with Crippen LogP contribution in [0.4, 0.5) is 4.39 Å². The molecule has 8 heteroatoms. The Labute approximate surface area is 202 Å². The molecule has 0 unspecified atom stereocenters. The quantitative estimate of drug-likeness (QED) is 0.390. The van der Waals surface area contributed by atoms with Crippen molar-refractivity contribution in [3.8, 4) is 0 Å². The van der Waals surface area contributed by atoms with Crippen LogP contribution in [0.2, 0.25) is 0 Å². The summed E-state index contributed by atoms with van der Waals surface area (Å²) in [6, 6.07) is 19.1. The Morgan fingerprint density at radius 3 is 1.80 bits per heavy atom. The highest BCUT2D eigenvalue weighted by molar-refractivity contribution is 6.08. The van der Waals surface area contributed by atoms with E-state index in [2.05, 4.69) is 10.6 Å². The highest BCUT2D eigenvalue weighted by Gasteiger charge is 2.25. The van der Waals surface area contributed by atoms with E-state index >= 15 is 0 Å². The number of halogens is 1. The van der Waals surface area contributed by atoms with Crippen molar-refractivity contribution in [2.45, 2.75) is 31.8 Å². The van der Waals surface area contributed by atoms with E-state index in [1.807, 2.05) is 6.07 Å². The number of nitrogens with one attached hydrogen (secondary N) is 2. The van der Waals surface area contributed by atoms with E-state index in [-0.39, 0.29) is 18.6 Å². The van der Waals surface area contributed by atoms with Gasteiger partial charge in [0, 0.05) is 30.9 Å². The molecule has 0 saturated heterocycles. The van der Waals surface area contributed by atoms with Gasteiger partial charge in [-0.05, 0) is 23.3 Å². The van der Waals surface area contributed by atoms with Gasteiger partial charge in [-0.3, -0.25) is 19.2 Å². The van der Waals surface area contributed by atoms with Crippen molar-refractivity contribution in [2.75, 3.05) is 0 Å². The van der Waals surface area contributed by atoms with Crippen LogP contribution in [0.5, 0.6) is 0 Å². The Kier molecular flexibility index (Phi) is 8.45. The first-order chi connectivity index (χ1) is 16.7. The number of rotatable bonds is 10. The van der Waals surface area contributed by atoms with Gasteiger partial charge in [-0.1, -0.05) is 66.7 Å². The van der Waals surface area contributed by atoms with Crippen LogP contribution in [-0.4, -0.2) is 35.6 Å². The second kappa shape index (κ2) is 11.7. The van der Waals surface area contributed by atoms with Gasteiger partial charge in [-0.25, -0.2) is 4.39 Å². The van der Waals surface area contributed by atoms with Gasteiger partial charge in [-0.2, -0.15) is 0 Å². The van der Waals surface area contributed by atoms with Gasteiger partial charge in [0.25, 0.3) is 0 Å². The normalized spacial score (nSPS) is 12.3. The summed E-state index contributed by atoms with van der Waals surface area (Å²) >= 11 is 0. The van der Waals surface area contributed by atoms with Gasteiger partial charge in [0.1, 0.15) is 17.9 Å². The minimum Gasteiger partial charge on any atom is -0.368 e. The lowest BCUT2D eigenvalue weighted by molar-refractivity contribution is -0.130. The summed E-state index contributed by atoms with van der Waals surface area (Å²) in [6.07, 6.45) is 0.206. The average molecular weight is 476 g/mol. The minimum atomic E-state index is -1.04. The van der Waals surface area contributed by atoms with Crippen LogP contribution in [0.3, 0.4) is 0 Å². The Morgan fingerprint density at radius 2 is 1.26 bits per heavy atom. The smallest absolute Gasteiger partial charge is 0.243 e. The zero-order valence-corrected chi connectivity index (χ0v) is 19.2. The second-order valence-electron chi connectivity index (χ2n) is 8.14. The van der Waals surface area contributed by atoms with Crippen LogP contribution < -0.4 is 16.4 Å². The lowest BCUT2D eigenvalue weighted by Crippen LogP contribution is -2.54. The van der Waals surface area contributed by atoms with Crippen molar-refractivity contribution in [1.82, 2.24) is 10.6 Å². The van der Waals surface area contributed by atoms with Crippen LogP contribution in [0.25, 0.3) is 0 Å². The van der Waals surface area contributed by atoms with Crippen molar-refractivity contribution in [3.63, 3.8) is 0 Å². The molecule has 0 spiro atoms. The van der Waals surface area contributed by atoms with E-state index < -0.39 is 35.6 Å². The maximum atomic E-state index is 13.2. The molecule has 0 bridgehead atoms. The fourth-order valence-electron chi connectivity index (χ4n) is 3.59. The van der Waals surface area contributed by atoms with Crippen molar-refractivity contribution in [1.29, 1.82) is 0 Å². The summed E-state index contributed by atoms with van der Waals surface area (Å²) in [6.45, 7) is 1.27. The molecule has 0 aliphatic rings. The molecule has 0 heterocycles. The Bertz CT molecular complexity index is 1200. The van der Waals surface area contributed by atoms with Crippen LogP contribution in [-0.2, 0) is 27.2 Å². The summed E-state index contributed by atoms with van der Waals surface area (Å²) in [4.78, 5) is 49.2. The first kappa shape index (κ1) is 25.3. The highest BCUT2D eigenvalue weighted by Crippen LogP contribution is 2.13. The van der Waals surface area contributed by atoms with Crippen LogP contribution >= 0.6 is 0 Å². The maximum absolute atomic E-state index is 13.2. The van der Waals surface area contributed by atoms with Crippen LogP contribution in [0.15, 0.2) is 78.9 Å². The molecule has 0 aliphatic carbocycles. The molecule has 3 aromatic rings. The molecule has 2 atom stereocenters. The first-order valence-corrected chi connectivity index (χ1v) is 11.0. The van der Waals surface area contributed by atoms with Gasteiger partial charge in [0.2, 0.25) is 17.7 Å². The fraction of sp³-hybridized carbons (Fsp3) is 0.185. The van der Waals surface area contributed by atoms with Gasteiger partial charge in [0.05, 0.1) is 0 Å². The molecular weight excluding hydrogens is 449 g/mol. The number of hydrogen-bond donors (Lipinski definition) is 3. The molecular formula is C27H26FN3O4. The van der Waals surface area contributed by atoms with Crippen molar-refractivity contribution >= 4 is 23.5 Å². The number of nitrogens with two attached hydrogens (primary N) is 1. The van der Waals surface area contributed by atoms with Gasteiger partial charge in [-0.15, -0.1) is 0 Å². The molecule has 0 saturated carbocycles. The third kappa shape index (κ3) is 7.33. The standard InChI is InChI=1S/C27H26FN3O4/c1-17(32)30-24(16-19-9-13-22(28)14-10-19)27(35)31-23(26(29)34)15-18-7-11-21(12-8-18)25(33)20-5-3-2-4-6-20/h2-14,23-24H,15-16H2,1H3,(H2,29,34)(H,30,32)(H,31,35)/t23-,24+/m1/s1. The number of carbonyl (C=O) groups excluding carboxylic acids is 4. The Balaban J connectivity index is 1.69. The van der Waals surface area contributed by atoms with Crippen molar-refractivity contribution in [3.05, 3.63) is 107 Å². The lowest BCUT2D eigenvalue weighted by Gasteiger charge is -2.22. The van der Waals surface area contributed by atoms with Crippen LogP contribution in [0.1, 0.15) is 34.0 Å². The summed E-state index contributed by atoms with van der Waals surface area (Å²) in [5.41, 5.74) is 7.90. The number of primary amides is 1. The van der Waals surface area contributed by atoms with E-state index in [4.69, 9.17) is 5.73 Å². The monoisotopic (exact) mass is 475 g/mol. The molecule has 3 aromatic carbocycles. The molecule has 0 fully saturated rings. The van der Waals surface area contributed by atoms with Crippen LogP contribution in [0, 0.1) is 5.82 Å². The minimum absolute atomic E-state index is 0.101. The number of carbonyl (C=O) groups is 4. The molecule has 0 radical (unpaired) electrons. The molecule has 3 amide bonds. The third-order valence-electron chi connectivity index (χ3n) is 5.40. The van der Waals surface area contributed by atoms with Gasteiger partial charge < -0.3 is 16.4 Å². The molecule has 0 aliphatic heterocycles. The lowest BCUT2D eigenvalue weighted by atomic mass is 9.99. The molecule has 7 nitrogen and oxygen atoms in total. The third-order valence-corrected chi connectivity index (χ3v) is 5.40. The maximum Gasteiger partial charge on any atom is 0.243 e. The molecule has 35 heavy (non-hydrogen) atoms. The summed E-state index contributed by atoms with van der Waals surface area (Å²) in [7, 11) is 0. The summed E-state index contributed by atoms with van der Waals surface area (Å²) in [5.74, 6) is -2.31. The Hall–Kier alpha value is -4.33. The first-order valence-electron chi connectivity index (χ1n) is 11.0. The van der Waals surface area contributed by atoms with Gasteiger partial charge in [0.15, 0.2) is 5.78 Å². The SMILES string of the molecule is CC(=O)N[C@@H](Cc1ccc(F)cc1)C(=O)N[C@H](Cc1ccc(C(=O)c2ccccc2)cc1)C(N)=O. The zero-order chi connectivity index (χ0) is 25.4. The number of hydrogen-bond acceptors (Lipinski definition) is 4.